The Morgan fingerprint density at radius 3 is 3.00 bits per heavy atom. The van der Waals surface area contributed by atoms with E-state index in [0.29, 0.717) is 25.3 Å². The van der Waals surface area contributed by atoms with E-state index in [1.807, 2.05) is 25.1 Å². The van der Waals surface area contributed by atoms with Crippen molar-refractivity contribution >= 4 is 50.3 Å². The third-order valence-corrected chi connectivity index (χ3v) is 4.56. The summed E-state index contributed by atoms with van der Waals surface area (Å²) < 4.78 is 7.06. The summed E-state index contributed by atoms with van der Waals surface area (Å²) in [6.07, 6.45) is 0. The summed E-state index contributed by atoms with van der Waals surface area (Å²) in [6.45, 7) is 3.48. The van der Waals surface area contributed by atoms with Crippen molar-refractivity contribution in [3.63, 3.8) is 0 Å². The molecule has 0 aromatic heterocycles. The van der Waals surface area contributed by atoms with Crippen molar-refractivity contribution in [2.24, 2.45) is 0 Å². The van der Waals surface area contributed by atoms with Gasteiger partial charge in [0.15, 0.2) is 0 Å². The van der Waals surface area contributed by atoms with E-state index >= 15 is 0 Å². The summed E-state index contributed by atoms with van der Waals surface area (Å²) in [6, 6.07) is 5.01. The molecule has 1 atom stereocenters. The van der Waals surface area contributed by atoms with E-state index in [-0.39, 0.29) is 18.4 Å². The first kappa shape index (κ1) is 16.7. The molecule has 1 aliphatic rings. The molecule has 1 N–H and O–H groups in total. The second kappa shape index (κ2) is 7.55. The maximum absolute atomic E-state index is 12.7. The lowest BCUT2D eigenvalue weighted by Crippen LogP contribution is -2.55. The summed E-state index contributed by atoms with van der Waals surface area (Å²) in [5.41, 5.74) is 0.568. The summed E-state index contributed by atoms with van der Waals surface area (Å²) in [5, 5.41) is 2.75. The molecule has 1 fully saturated rings. The monoisotopic (exact) mass is 466 g/mol. The van der Waals surface area contributed by atoms with E-state index in [9.17, 15) is 9.59 Å². The standard InChI is InChI=1S/C14H16BrIN2O3/c1-2-17-13(19)12-8-21-6-5-18(12)14(20)10-7-9(16)3-4-11(10)15/h3-4,7,12H,2,5-6,8H2,1H3,(H,17,19). The van der Waals surface area contributed by atoms with Gasteiger partial charge in [-0.3, -0.25) is 9.59 Å². The highest BCUT2D eigenvalue weighted by atomic mass is 127. The maximum atomic E-state index is 12.7. The van der Waals surface area contributed by atoms with Crippen LogP contribution in [0.3, 0.4) is 0 Å². The topological polar surface area (TPSA) is 58.6 Å². The van der Waals surface area contributed by atoms with Crippen LogP contribution in [-0.2, 0) is 9.53 Å². The summed E-state index contributed by atoms with van der Waals surface area (Å²) in [4.78, 5) is 26.4. The number of nitrogens with one attached hydrogen (secondary N) is 1. The summed E-state index contributed by atoms with van der Waals surface area (Å²) >= 11 is 5.57. The van der Waals surface area contributed by atoms with E-state index in [0.717, 1.165) is 8.04 Å². The highest BCUT2D eigenvalue weighted by Gasteiger charge is 2.33. The third-order valence-electron chi connectivity index (χ3n) is 3.20. The minimum absolute atomic E-state index is 0.153. The predicted molar refractivity (Wildman–Crippen MR) is 91.2 cm³/mol. The molecular weight excluding hydrogens is 451 g/mol. The first-order chi connectivity index (χ1) is 10.0. The van der Waals surface area contributed by atoms with Crippen molar-refractivity contribution in [2.45, 2.75) is 13.0 Å². The minimum Gasteiger partial charge on any atom is -0.377 e. The van der Waals surface area contributed by atoms with Crippen LogP contribution in [-0.4, -0.2) is 49.1 Å². The van der Waals surface area contributed by atoms with Crippen molar-refractivity contribution in [1.29, 1.82) is 0 Å². The van der Waals surface area contributed by atoms with Gasteiger partial charge in [0.1, 0.15) is 6.04 Å². The molecule has 0 saturated carbocycles. The van der Waals surface area contributed by atoms with Gasteiger partial charge in [0, 0.05) is 21.1 Å². The number of carbonyl (C=O) groups is 2. The van der Waals surface area contributed by atoms with Crippen LogP contribution in [0.25, 0.3) is 0 Å². The Kier molecular flexibility index (Phi) is 6.00. The van der Waals surface area contributed by atoms with Crippen molar-refractivity contribution in [3.8, 4) is 0 Å². The first-order valence-electron chi connectivity index (χ1n) is 6.66. The molecule has 21 heavy (non-hydrogen) atoms. The van der Waals surface area contributed by atoms with Gasteiger partial charge in [0.05, 0.1) is 18.8 Å². The Bertz CT molecular complexity index is 553. The number of hydrogen-bond acceptors (Lipinski definition) is 3. The number of hydrogen-bond donors (Lipinski definition) is 1. The molecule has 0 bridgehead atoms. The molecule has 0 radical (unpaired) electrons. The molecule has 1 saturated heterocycles. The molecule has 2 amide bonds. The third kappa shape index (κ3) is 3.95. The number of amides is 2. The molecule has 7 heteroatoms. The average Bonchev–Trinajstić information content (AvgIpc) is 2.49. The lowest BCUT2D eigenvalue weighted by Gasteiger charge is -2.34. The Morgan fingerprint density at radius 2 is 2.29 bits per heavy atom. The Morgan fingerprint density at radius 1 is 1.52 bits per heavy atom. The molecule has 1 aromatic rings. The lowest BCUT2D eigenvalue weighted by molar-refractivity contribution is -0.130. The van der Waals surface area contributed by atoms with Gasteiger partial charge in [0.25, 0.3) is 5.91 Å². The van der Waals surface area contributed by atoms with Gasteiger partial charge in [-0.25, -0.2) is 0 Å². The molecule has 0 aliphatic carbocycles. The Hall–Kier alpha value is -0.670. The van der Waals surface area contributed by atoms with E-state index in [2.05, 4.69) is 43.8 Å². The van der Waals surface area contributed by atoms with Crippen molar-refractivity contribution in [2.75, 3.05) is 26.3 Å². The van der Waals surface area contributed by atoms with Crippen LogP contribution < -0.4 is 5.32 Å². The van der Waals surface area contributed by atoms with E-state index in [1.54, 1.807) is 4.90 Å². The fraction of sp³-hybridized carbons (Fsp3) is 0.429. The molecule has 5 nitrogen and oxygen atoms in total. The number of likely N-dealkylation sites (N-methyl/N-ethyl adjacent to an activating group) is 1. The van der Waals surface area contributed by atoms with Gasteiger partial charge < -0.3 is 15.0 Å². The molecule has 1 unspecified atom stereocenters. The van der Waals surface area contributed by atoms with Crippen LogP contribution in [0.4, 0.5) is 0 Å². The highest BCUT2D eigenvalue weighted by Crippen LogP contribution is 2.23. The van der Waals surface area contributed by atoms with Crippen molar-refractivity contribution in [3.05, 3.63) is 31.8 Å². The Balaban J connectivity index is 2.26. The van der Waals surface area contributed by atoms with Crippen LogP contribution in [0, 0.1) is 3.57 Å². The average molecular weight is 467 g/mol. The predicted octanol–water partition coefficient (Wildman–Crippen LogP) is 2.03. The minimum atomic E-state index is -0.573. The van der Waals surface area contributed by atoms with Crippen LogP contribution in [0.1, 0.15) is 17.3 Å². The van der Waals surface area contributed by atoms with Crippen LogP contribution >= 0.6 is 38.5 Å². The normalized spacial score (nSPS) is 18.4. The van der Waals surface area contributed by atoms with Gasteiger partial charge in [0.2, 0.25) is 5.91 Å². The zero-order chi connectivity index (χ0) is 15.4. The molecule has 0 spiro atoms. The fourth-order valence-corrected chi connectivity index (χ4v) is 3.08. The smallest absolute Gasteiger partial charge is 0.255 e. The second-order valence-corrected chi connectivity index (χ2v) is 6.71. The number of halogens is 2. The lowest BCUT2D eigenvalue weighted by atomic mass is 10.1. The zero-order valence-electron chi connectivity index (χ0n) is 11.6. The molecular formula is C14H16BrIN2O3. The fourth-order valence-electron chi connectivity index (χ4n) is 2.17. The van der Waals surface area contributed by atoms with Gasteiger partial charge in [-0.05, 0) is 63.6 Å². The summed E-state index contributed by atoms with van der Waals surface area (Å²) in [7, 11) is 0. The van der Waals surface area contributed by atoms with E-state index < -0.39 is 6.04 Å². The number of rotatable bonds is 3. The van der Waals surface area contributed by atoms with Crippen molar-refractivity contribution in [1.82, 2.24) is 10.2 Å². The number of morpholine rings is 1. The van der Waals surface area contributed by atoms with Crippen molar-refractivity contribution < 1.29 is 14.3 Å². The van der Waals surface area contributed by atoms with Crippen LogP contribution in [0.15, 0.2) is 22.7 Å². The Labute approximate surface area is 145 Å². The van der Waals surface area contributed by atoms with Gasteiger partial charge in [-0.2, -0.15) is 0 Å². The quantitative estimate of drug-likeness (QED) is 0.693. The molecule has 1 aromatic carbocycles. The van der Waals surface area contributed by atoms with E-state index in [1.165, 1.54) is 0 Å². The van der Waals surface area contributed by atoms with E-state index in [4.69, 9.17) is 4.74 Å². The number of benzene rings is 1. The van der Waals surface area contributed by atoms with Crippen LogP contribution in [0.5, 0.6) is 0 Å². The number of ether oxygens (including phenoxy) is 1. The van der Waals surface area contributed by atoms with Gasteiger partial charge in [-0.1, -0.05) is 0 Å². The second-order valence-electron chi connectivity index (χ2n) is 4.61. The van der Waals surface area contributed by atoms with Gasteiger partial charge in [-0.15, -0.1) is 0 Å². The molecule has 1 aliphatic heterocycles. The SMILES string of the molecule is CCNC(=O)C1COCCN1C(=O)c1cc(I)ccc1Br. The number of nitrogens with zero attached hydrogens (tertiary/aromatic N) is 1. The summed E-state index contributed by atoms with van der Waals surface area (Å²) in [5.74, 6) is -0.327. The largest absolute Gasteiger partial charge is 0.377 e. The van der Waals surface area contributed by atoms with Crippen LogP contribution in [0.2, 0.25) is 0 Å². The molecule has 1 heterocycles. The first-order valence-corrected chi connectivity index (χ1v) is 8.53. The maximum Gasteiger partial charge on any atom is 0.255 e. The molecule has 2 rings (SSSR count). The molecule has 114 valence electrons. The number of carbonyl (C=O) groups excluding carboxylic acids is 2. The highest BCUT2D eigenvalue weighted by molar-refractivity contribution is 14.1. The zero-order valence-corrected chi connectivity index (χ0v) is 15.3. The van der Waals surface area contributed by atoms with Gasteiger partial charge >= 0.3 is 0 Å².